The zero-order valence-electron chi connectivity index (χ0n) is 18.8. The normalized spacial score (nSPS) is 11.5. The lowest BCUT2D eigenvalue weighted by molar-refractivity contribution is 0.100. The summed E-state index contributed by atoms with van der Waals surface area (Å²) in [5.41, 5.74) is 8.10. The summed E-state index contributed by atoms with van der Waals surface area (Å²) >= 11 is 1.24. The van der Waals surface area contributed by atoms with Gasteiger partial charge in [-0.3, -0.25) is 9.59 Å². The summed E-state index contributed by atoms with van der Waals surface area (Å²) in [6.45, 7) is 8.25. The molecular weight excluding hydrogens is 436 g/mol. The number of hydrogen-bond acceptors (Lipinski definition) is 5. The number of carbonyl (C=O) groups excluding carboxylic acids is 2. The molecular formula is C26H24N2O4S. The lowest BCUT2D eigenvalue weighted by Gasteiger charge is -2.19. The van der Waals surface area contributed by atoms with Crippen molar-refractivity contribution in [3.63, 3.8) is 0 Å². The number of thiophene rings is 1. The molecule has 0 spiro atoms. The number of amides is 2. The molecule has 0 unspecified atom stereocenters. The van der Waals surface area contributed by atoms with E-state index in [1.165, 1.54) is 17.4 Å². The van der Waals surface area contributed by atoms with E-state index in [2.05, 4.69) is 26.1 Å². The number of fused-ring (bicyclic) bond motifs is 1. The standard InChI is InChI=1S/C26H24N2O4S/c1-14-20(15-9-11-17(12-10-15)26(2,3)4)21(22(27)29)24(33-14)28-23(30)18-13-16-7-5-6-8-19(16)32-25(18)31/h5-13H,1-4H3,(H2,27,29)(H,28,30). The van der Waals surface area contributed by atoms with Crippen molar-refractivity contribution < 1.29 is 14.0 Å². The first-order valence-electron chi connectivity index (χ1n) is 10.4. The number of nitrogens with one attached hydrogen (secondary N) is 1. The third-order valence-corrected chi connectivity index (χ3v) is 6.50. The maximum Gasteiger partial charge on any atom is 0.349 e. The number of rotatable bonds is 4. The fourth-order valence-electron chi connectivity index (χ4n) is 3.74. The maximum atomic E-state index is 12.9. The van der Waals surface area contributed by atoms with Gasteiger partial charge in [0.2, 0.25) is 0 Å². The highest BCUT2D eigenvalue weighted by Gasteiger charge is 2.25. The fourth-order valence-corrected chi connectivity index (χ4v) is 4.82. The van der Waals surface area contributed by atoms with Crippen molar-refractivity contribution in [1.29, 1.82) is 0 Å². The van der Waals surface area contributed by atoms with Crippen LogP contribution in [-0.4, -0.2) is 11.8 Å². The molecule has 0 bridgehead atoms. The molecule has 0 fully saturated rings. The van der Waals surface area contributed by atoms with Crippen LogP contribution in [0.4, 0.5) is 5.00 Å². The molecule has 6 nitrogen and oxygen atoms in total. The predicted molar refractivity (Wildman–Crippen MR) is 132 cm³/mol. The topological polar surface area (TPSA) is 102 Å². The van der Waals surface area contributed by atoms with Crippen molar-refractivity contribution in [2.24, 2.45) is 5.73 Å². The Morgan fingerprint density at radius 3 is 2.33 bits per heavy atom. The van der Waals surface area contributed by atoms with Crippen LogP contribution in [0, 0.1) is 6.92 Å². The zero-order valence-corrected chi connectivity index (χ0v) is 19.6. The van der Waals surface area contributed by atoms with Gasteiger partial charge in [-0.05, 0) is 35.6 Å². The van der Waals surface area contributed by atoms with Crippen LogP contribution in [0.15, 0.2) is 63.8 Å². The number of primary amides is 1. The Bertz CT molecular complexity index is 1440. The van der Waals surface area contributed by atoms with Gasteiger partial charge >= 0.3 is 5.63 Å². The van der Waals surface area contributed by atoms with Gasteiger partial charge in [0.25, 0.3) is 11.8 Å². The van der Waals surface area contributed by atoms with Crippen LogP contribution < -0.4 is 16.7 Å². The monoisotopic (exact) mass is 460 g/mol. The van der Waals surface area contributed by atoms with E-state index in [4.69, 9.17) is 10.2 Å². The Hall–Kier alpha value is -3.71. The zero-order chi connectivity index (χ0) is 23.9. The Kier molecular flexibility index (Phi) is 5.68. The van der Waals surface area contributed by atoms with Gasteiger partial charge in [0, 0.05) is 15.8 Å². The van der Waals surface area contributed by atoms with Crippen LogP contribution in [-0.2, 0) is 5.41 Å². The highest BCUT2D eigenvalue weighted by Crippen LogP contribution is 2.40. The molecule has 2 amide bonds. The molecule has 0 radical (unpaired) electrons. The summed E-state index contributed by atoms with van der Waals surface area (Å²) < 4.78 is 5.26. The lowest BCUT2D eigenvalue weighted by atomic mass is 9.86. The molecule has 4 rings (SSSR count). The van der Waals surface area contributed by atoms with Gasteiger partial charge in [-0.1, -0.05) is 63.2 Å². The van der Waals surface area contributed by atoms with Crippen molar-refractivity contribution in [3.8, 4) is 11.1 Å². The Morgan fingerprint density at radius 1 is 1.03 bits per heavy atom. The summed E-state index contributed by atoms with van der Waals surface area (Å²) in [6, 6.07) is 16.4. The molecule has 3 N–H and O–H groups in total. The fraction of sp³-hybridized carbons (Fsp3) is 0.192. The van der Waals surface area contributed by atoms with E-state index in [0.717, 1.165) is 16.0 Å². The van der Waals surface area contributed by atoms with Crippen LogP contribution in [0.25, 0.3) is 22.1 Å². The van der Waals surface area contributed by atoms with E-state index in [1.54, 1.807) is 24.3 Å². The van der Waals surface area contributed by atoms with Crippen LogP contribution in [0.1, 0.15) is 51.9 Å². The van der Waals surface area contributed by atoms with Gasteiger partial charge in [-0.15, -0.1) is 11.3 Å². The first-order chi connectivity index (χ1) is 15.6. The minimum absolute atomic E-state index is 0.00514. The summed E-state index contributed by atoms with van der Waals surface area (Å²) in [6.07, 6.45) is 0. The van der Waals surface area contributed by atoms with Crippen molar-refractivity contribution >= 4 is 39.1 Å². The average Bonchev–Trinajstić information content (AvgIpc) is 3.08. The van der Waals surface area contributed by atoms with E-state index in [9.17, 15) is 14.4 Å². The van der Waals surface area contributed by atoms with Gasteiger partial charge in [0.1, 0.15) is 16.1 Å². The molecule has 0 aliphatic rings. The molecule has 0 aliphatic heterocycles. The van der Waals surface area contributed by atoms with Crippen LogP contribution >= 0.6 is 11.3 Å². The number of nitrogens with two attached hydrogens (primary N) is 1. The van der Waals surface area contributed by atoms with E-state index in [-0.39, 0.29) is 16.5 Å². The lowest BCUT2D eigenvalue weighted by Crippen LogP contribution is -2.22. The summed E-state index contributed by atoms with van der Waals surface area (Å²) in [5.74, 6) is -1.32. The molecule has 33 heavy (non-hydrogen) atoms. The second-order valence-corrected chi connectivity index (χ2v) is 10.1. The Labute approximate surface area is 195 Å². The summed E-state index contributed by atoms with van der Waals surface area (Å²) in [5, 5.41) is 3.62. The smallest absolute Gasteiger partial charge is 0.349 e. The van der Waals surface area contributed by atoms with Gasteiger partial charge < -0.3 is 15.5 Å². The largest absolute Gasteiger partial charge is 0.422 e. The van der Waals surface area contributed by atoms with Crippen molar-refractivity contribution in [2.75, 3.05) is 5.32 Å². The van der Waals surface area contributed by atoms with Gasteiger partial charge in [-0.2, -0.15) is 0 Å². The van der Waals surface area contributed by atoms with Crippen molar-refractivity contribution in [2.45, 2.75) is 33.1 Å². The molecule has 2 heterocycles. The van der Waals surface area contributed by atoms with Crippen LogP contribution in [0.2, 0.25) is 0 Å². The third-order valence-electron chi connectivity index (χ3n) is 5.48. The van der Waals surface area contributed by atoms with E-state index in [0.29, 0.717) is 21.5 Å². The van der Waals surface area contributed by atoms with E-state index in [1.807, 2.05) is 31.2 Å². The molecule has 0 aliphatic carbocycles. The number of aryl methyl sites for hydroxylation is 1. The number of hydrogen-bond donors (Lipinski definition) is 2. The Balaban J connectivity index is 1.74. The second-order valence-electron chi connectivity index (χ2n) is 8.87. The number of para-hydroxylation sites is 1. The minimum Gasteiger partial charge on any atom is -0.422 e. The predicted octanol–water partition coefficient (Wildman–Crippen LogP) is 5.48. The first-order valence-corrected chi connectivity index (χ1v) is 11.3. The van der Waals surface area contributed by atoms with E-state index >= 15 is 0 Å². The summed E-state index contributed by atoms with van der Waals surface area (Å²) in [7, 11) is 0. The molecule has 0 saturated heterocycles. The van der Waals surface area contributed by atoms with E-state index < -0.39 is 17.4 Å². The molecule has 0 saturated carbocycles. The van der Waals surface area contributed by atoms with Crippen LogP contribution in [0.3, 0.4) is 0 Å². The molecule has 2 aromatic carbocycles. The summed E-state index contributed by atoms with van der Waals surface area (Å²) in [4.78, 5) is 38.6. The van der Waals surface area contributed by atoms with Crippen LogP contribution in [0.5, 0.6) is 0 Å². The van der Waals surface area contributed by atoms with Gasteiger partial charge in [0.05, 0.1) is 5.56 Å². The quantitative estimate of drug-likeness (QED) is 0.394. The number of carbonyl (C=O) groups is 2. The van der Waals surface area contributed by atoms with Gasteiger partial charge in [-0.25, -0.2) is 4.79 Å². The SMILES string of the molecule is Cc1sc(NC(=O)c2cc3ccccc3oc2=O)c(C(N)=O)c1-c1ccc(C(C)(C)C)cc1. The Morgan fingerprint density at radius 2 is 1.70 bits per heavy atom. The highest BCUT2D eigenvalue weighted by molar-refractivity contribution is 7.17. The highest BCUT2D eigenvalue weighted by atomic mass is 32.1. The molecule has 2 aromatic heterocycles. The van der Waals surface area contributed by atoms with Gasteiger partial charge in [0.15, 0.2) is 0 Å². The van der Waals surface area contributed by atoms with Crippen molar-refractivity contribution in [3.05, 3.63) is 86.6 Å². The second kappa shape index (κ2) is 8.33. The molecule has 168 valence electrons. The molecule has 0 atom stereocenters. The first kappa shape index (κ1) is 22.5. The number of anilines is 1. The minimum atomic E-state index is -0.752. The molecule has 4 aromatic rings. The average molecular weight is 461 g/mol. The third kappa shape index (κ3) is 4.32. The maximum absolute atomic E-state index is 12.9. The molecule has 7 heteroatoms. The number of benzene rings is 2. The van der Waals surface area contributed by atoms with Crippen molar-refractivity contribution in [1.82, 2.24) is 0 Å².